The predicted molar refractivity (Wildman–Crippen MR) is 71.6 cm³/mol. The van der Waals surface area contributed by atoms with Crippen LogP contribution in [0.5, 0.6) is 0 Å². The van der Waals surface area contributed by atoms with Crippen LogP contribution >= 0.6 is 35.4 Å². The summed E-state index contributed by atoms with van der Waals surface area (Å²) in [7, 11) is 0. The monoisotopic (exact) mass is 286 g/mol. The Bertz CT molecular complexity index is 629. The number of H-pyrrole nitrogens is 1. The van der Waals surface area contributed by atoms with Gasteiger partial charge in [0.15, 0.2) is 0 Å². The van der Waals surface area contributed by atoms with E-state index in [0.717, 1.165) is 5.56 Å². The van der Waals surface area contributed by atoms with Gasteiger partial charge in [-0.3, -0.25) is 5.10 Å². The second kappa shape index (κ2) is 5.00. The van der Waals surface area contributed by atoms with Gasteiger partial charge in [0, 0.05) is 10.6 Å². The van der Waals surface area contributed by atoms with Crippen LogP contribution in [0, 0.1) is 11.7 Å². The number of benzene rings is 1. The third-order valence-corrected chi connectivity index (χ3v) is 2.91. The van der Waals surface area contributed by atoms with Crippen LogP contribution in [0.3, 0.4) is 0 Å². The summed E-state index contributed by atoms with van der Waals surface area (Å²) in [5.41, 5.74) is 0.763. The molecule has 0 aliphatic carbocycles. The molecule has 7 heteroatoms. The van der Waals surface area contributed by atoms with Crippen molar-refractivity contribution in [2.24, 2.45) is 5.10 Å². The molecular weight excluding hydrogens is 279 g/mol. The Hall–Kier alpha value is -1.17. The molecule has 0 fully saturated rings. The Morgan fingerprint density at radius 2 is 2.24 bits per heavy atom. The van der Waals surface area contributed by atoms with E-state index in [4.69, 9.17) is 35.4 Å². The quantitative estimate of drug-likeness (QED) is 0.679. The smallest absolute Gasteiger partial charge is 0.216 e. The highest BCUT2D eigenvalue weighted by Crippen LogP contribution is 2.19. The van der Waals surface area contributed by atoms with Gasteiger partial charge in [-0.05, 0) is 31.3 Å². The molecule has 1 heterocycles. The molecule has 0 bridgehead atoms. The third-order valence-electron chi connectivity index (χ3n) is 2.09. The van der Waals surface area contributed by atoms with Gasteiger partial charge in [-0.2, -0.15) is 14.9 Å². The molecule has 0 amide bonds. The summed E-state index contributed by atoms with van der Waals surface area (Å²) in [6, 6.07) is 5.19. The predicted octanol–water partition coefficient (Wildman–Crippen LogP) is 3.44. The van der Waals surface area contributed by atoms with E-state index in [1.54, 1.807) is 31.3 Å². The van der Waals surface area contributed by atoms with Gasteiger partial charge in [0.05, 0.1) is 11.2 Å². The van der Waals surface area contributed by atoms with Gasteiger partial charge in [0.1, 0.15) is 5.82 Å². The van der Waals surface area contributed by atoms with Gasteiger partial charge in [-0.15, -0.1) is 0 Å². The summed E-state index contributed by atoms with van der Waals surface area (Å²) in [4.78, 5) is 0. The lowest BCUT2D eigenvalue weighted by molar-refractivity contribution is 0.821. The van der Waals surface area contributed by atoms with Crippen LogP contribution in [0.2, 0.25) is 10.0 Å². The number of aromatic amines is 1. The van der Waals surface area contributed by atoms with Crippen molar-refractivity contribution < 1.29 is 0 Å². The topological polar surface area (TPSA) is 46.0 Å². The molecule has 0 atom stereocenters. The lowest BCUT2D eigenvalue weighted by Gasteiger charge is -1.98. The van der Waals surface area contributed by atoms with Crippen LogP contribution in [-0.4, -0.2) is 21.1 Å². The van der Waals surface area contributed by atoms with Crippen molar-refractivity contribution in [3.63, 3.8) is 0 Å². The summed E-state index contributed by atoms with van der Waals surface area (Å²) in [5, 5.41) is 11.9. The molecule has 0 spiro atoms. The minimum absolute atomic E-state index is 0.434. The van der Waals surface area contributed by atoms with Gasteiger partial charge in [0.25, 0.3) is 0 Å². The fourth-order valence-corrected chi connectivity index (χ4v) is 1.91. The van der Waals surface area contributed by atoms with E-state index in [-0.39, 0.29) is 0 Å². The van der Waals surface area contributed by atoms with E-state index in [1.807, 2.05) is 0 Å². The SMILES string of the molecule is Cc1n[nH]c(=S)n1/N=C\c1ccc(Cl)cc1Cl. The normalized spacial score (nSPS) is 11.2. The van der Waals surface area contributed by atoms with Gasteiger partial charge < -0.3 is 0 Å². The minimum atomic E-state index is 0.434. The molecule has 0 aliphatic heterocycles. The van der Waals surface area contributed by atoms with Crippen molar-refractivity contribution in [2.45, 2.75) is 6.92 Å². The van der Waals surface area contributed by atoms with Crippen molar-refractivity contribution in [1.82, 2.24) is 14.9 Å². The average molecular weight is 287 g/mol. The first-order valence-electron chi connectivity index (χ1n) is 4.71. The summed E-state index contributed by atoms with van der Waals surface area (Å²) in [6.07, 6.45) is 1.61. The van der Waals surface area contributed by atoms with E-state index in [0.29, 0.717) is 20.6 Å². The number of hydrogen-bond acceptors (Lipinski definition) is 3. The molecule has 0 saturated carbocycles. The molecule has 0 unspecified atom stereocenters. The summed E-state index contributed by atoms with van der Waals surface area (Å²) in [5.74, 6) is 0.677. The lowest BCUT2D eigenvalue weighted by atomic mass is 10.2. The maximum atomic E-state index is 6.01. The Morgan fingerprint density at radius 1 is 1.47 bits per heavy atom. The first-order valence-corrected chi connectivity index (χ1v) is 5.88. The largest absolute Gasteiger partial charge is 0.250 e. The number of hydrogen-bond donors (Lipinski definition) is 1. The molecule has 4 nitrogen and oxygen atoms in total. The van der Waals surface area contributed by atoms with Gasteiger partial charge >= 0.3 is 0 Å². The van der Waals surface area contributed by atoms with Crippen LogP contribution in [0.4, 0.5) is 0 Å². The first-order chi connectivity index (χ1) is 8.08. The highest BCUT2D eigenvalue weighted by Gasteiger charge is 2.00. The van der Waals surface area contributed by atoms with Crippen LogP contribution in [0.1, 0.15) is 11.4 Å². The molecular formula is C10H8Cl2N4S. The summed E-state index contributed by atoms with van der Waals surface area (Å²) in [6.45, 7) is 1.80. The number of rotatable bonds is 2. The highest BCUT2D eigenvalue weighted by molar-refractivity contribution is 7.71. The van der Waals surface area contributed by atoms with Gasteiger partial charge in [0.2, 0.25) is 4.77 Å². The van der Waals surface area contributed by atoms with E-state index in [9.17, 15) is 0 Å². The van der Waals surface area contributed by atoms with Crippen molar-refractivity contribution in [1.29, 1.82) is 0 Å². The second-order valence-corrected chi connectivity index (χ2v) is 4.53. The molecule has 2 rings (SSSR count). The van der Waals surface area contributed by atoms with Gasteiger partial charge in [-0.25, -0.2) is 0 Å². The van der Waals surface area contributed by atoms with E-state index < -0.39 is 0 Å². The fourth-order valence-electron chi connectivity index (χ4n) is 1.23. The Balaban J connectivity index is 2.36. The molecule has 0 radical (unpaired) electrons. The zero-order chi connectivity index (χ0) is 12.4. The third kappa shape index (κ3) is 2.74. The minimum Gasteiger partial charge on any atom is -0.250 e. The number of nitrogens with zero attached hydrogens (tertiary/aromatic N) is 3. The maximum Gasteiger partial charge on any atom is 0.216 e. The van der Waals surface area contributed by atoms with Crippen molar-refractivity contribution in [2.75, 3.05) is 0 Å². The second-order valence-electron chi connectivity index (χ2n) is 3.30. The Labute approximate surface area is 113 Å². The standard InChI is InChI=1S/C10H8Cl2N4S/c1-6-14-15-10(17)16(6)13-5-7-2-3-8(11)4-9(7)12/h2-5H,1H3,(H,15,17)/b13-5-. The molecule has 1 aromatic heterocycles. The van der Waals surface area contributed by atoms with E-state index in [1.165, 1.54) is 4.68 Å². The first kappa shape index (κ1) is 12.3. The Kier molecular flexibility index (Phi) is 3.61. The molecule has 1 N–H and O–H groups in total. The van der Waals surface area contributed by atoms with Gasteiger partial charge in [-0.1, -0.05) is 29.3 Å². The van der Waals surface area contributed by atoms with Crippen molar-refractivity contribution in [3.05, 3.63) is 44.4 Å². The van der Waals surface area contributed by atoms with Crippen LogP contribution in [-0.2, 0) is 0 Å². The van der Waals surface area contributed by atoms with E-state index in [2.05, 4.69) is 15.3 Å². The summed E-state index contributed by atoms with van der Waals surface area (Å²) >= 11 is 16.8. The molecule has 88 valence electrons. The maximum absolute atomic E-state index is 6.01. The van der Waals surface area contributed by atoms with Crippen molar-refractivity contribution >= 4 is 41.6 Å². The molecule has 0 saturated heterocycles. The fraction of sp³-hybridized carbons (Fsp3) is 0.100. The van der Waals surface area contributed by atoms with Crippen LogP contribution in [0.15, 0.2) is 23.3 Å². The number of aryl methyl sites for hydroxylation is 1. The molecule has 1 aromatic carbocycles. The molecule has 0 aliphatic rings. The number of nitrogens with one attached hydrogen (secondary N) is 1. The number of aromatic nitrogens is 3. The van der Waals surface area contributed by atoms with Crippen LogP contribution < -0.4 is 0 Å². The van der Waals surface area contributed by atoms with E-state index >= 15 is 0 Å². The average Bonchev–Trinajstić information content (AvgIpc) is 2.58. The Morgan fingerprint density at radius 3 is 2.82 bits per heavy atom. The zero-order valence-corrected chi connectivity index (χ0v) is 11.1. The number of halogens is 2. The van der Waals surface area contributed by atoms with Crippen LogP contribution in [0.25, 0.3) is 0 Å². The zero-order valence-electron chi connectivity index (χ0n) is 8.82. The lowest BCUT2D eigenvalue weighted by Crippen LogP contribution is -1.94. The molecule has 2 aromatic rings. The molecule has 17 heavy (non-hydrogen) atoms. The van der Waals surface area contributed by atoms with Crippen molar-refractivity contribution in [3.8, 4) is 0 Å². The summed E-state index contributed by atoms with van der Waals surface area (Å²) < 4.78 is 1.95. The highest BCUT2D eigenvalue weighted by atomic mass is 35.5.